The Hall–Kier alpha value is -2.38. The van der Waals surface area contributed by atoms with Crippen molar-refractivity contribution in [3.05, 3.63) is 99.6 Å². The molecule has 0 saturated heterocycles. The Morgan fingerprint density at radius 2 is 1.12 bits per heavy atom. The number of fused-ring (bicyclic) bond motifs is 4. The number of hydrogen-bond donors (Lipinski definition) is 0. The van der Waals surface area contributed by atoms with Gasteiger partial charge in [0.25, 0.3) is 0 Å². The zero-order valence-electron chi connectivity index (χ0n) is 22.5. The third-order valence-electron chi connectivity index (χ3n) is 8.38. The molecule has 0 fully saturated rings. The molecule has 3 aromatic rings. The largest absolute Gasteiger partial charge is 0.0726 e. The molecule has 3 aromatic carbocycles. The predicted molar refractivity (Wildman–Crippen MR) is 151 cm³/mol. The molecule has 0 bridgehead atoms. The van der Waals surface area contributed by atoms with E-state index in [4.69, 9.17) is 0 Å². The Kier molecular flexibility index (Phi) is 5.19. The van der Waals surface area contributed by atoms with Crippen molar-refractivity contribution < 1.29 is 0 Å². The summed E-state index contributed by atoms with van der Waals surface area (Å²) in [5.41, 5.74) is 14.8. The van der Waals surface area contributed by atoms with E-state index in [0.717, 1.165) is 0 Å². The molecule has 5 rings (SSSR count). The third-order valence-corrected chi connectivity index (χ3v) is 12.7. The standard InChI is InChI=1S/C33H40Si/c1-21-18-22-12-10-11-13-25(22)30(21)34(8,9)31-26-16-14-23(32(2,3)4)19-28(26)29-20-24(33(5,6)7)15-17-27(29)31/h10-20,30-31H,1-9H3. The Bertz CT molecular complexity index is 1240. The quantitative estimate of drug-likeness (QED) is 0.331. The zero-order valence-corrected chi connectivity index (χ0v) is 23.5. The van der Waals surface area contributed by atoms with Gasteiger partial charge in [-0.05, 0) is 62.3 Å². The van der Waals surface area contributed by atoms with Crippen molar-refractivity contribution in [3.63, 3.8) is 0 Å². The van der Waals surface area contributed by atoms with E-state index in [0.29, 0.717) is 11.1 Å². The highest BCUT2D eigenvalue weighted by Gasteiger charge is 2.48. The molecule has 0 spiro atoms. The first-order valence-corrected chi connectivity index (χ1v) is 16.0. The lowest BCUT2D eigenvalue weighted by Crippen LogP contribution is -2.42. The summed E-state index contributed by atoms with van der Waals surface area (Å²) in [6.45, 7) is 21.6. The molecule has 34 heavy (non-hydrogen) atoms. The minimum absolute atomic E-state index is 0.144. The monoisotopic (exact) mass is 464 g/mol. The van der Waals surface area contributed by atoms with E-state index >= 15 is 0 Å². The van der Waals surface area contributed by atoms with E-state index < -0.39 is 8.07 Å². The van der Waals surface area contributed by atoms with Crippen molar-refractivity contribution in [1.82, 2.24) is 0 Å². The van der Waals surface area contributed by atoms with Crippen LogP contribution in [0.25, 0.3) is 17.2 Å². The van der Waals surface area contributed by atoms with Gasteiger partial charge in [0.1, 0.15) is 0 Å². The molecule has 0 saturated carbocycles. The maximum Gasteiger partial charge on any atom is 0.0726 e. The van der Waals surface area contributed by atoms with Gasteiger partial charge in [-0.1, -0.05) is 127 Å². The van der Waals surface area contributed by atoms with Gasteiger partial charge in [0.2, 0.25) is 0 Å². The van der Waals surface area contributed by atoms with E-state index in [2.05, 4.69) is 128 Å². The van der Waals surface area contributed by atoms with Gasteiger partial charge in [-0.15, -0.1) is 0 Å². The van der Waals surface area contributed by atoms with Crippen LogP contribution < -0.4 is 0 Å². The predicted octanol–water partition coefficient (Wildman–Crippen LogP) is 9.38. The van der Waals surface area contributed by atoms with Gasteiger partial charge >= 0.3 is 0 Å². The van der Waals surface area contributed by atoms with Gasteiger partial charge in [0, 0.05) is 11.1 Å². The van der Waals surface area contributed by atoms with Crippen molar-refractivity contribution in [2.24, 2.45) is 0 Å². The molecule has 1 heteroatoms. The van der Waals surface area contributed by atoms with Crippen LogP contribution in [0.5, 0.6) is 0 Å². The normalized spacial score (nSPS) is 17.9. The van der Waals surface area contributed by atoms with Gasteiger partial charge in [-0.2, -0.15) is 0 Å². The smallest absolute Gasteiger partial charge is 0.0679 e. The highest BCUT2D eigenvalue weighted by atomic mass is 28.3. The summed E-state index contributed by atoms with van der Waals surface area (Å²) in [5, 5.41) is 0. The van der Waals surface area contributed by atoms with Gasteiger partial charge in [-0.25, -0.2) is 0 Å². The van der Waals surface area contributed by atoms with Gasteiger partial charge < -0.3 is 0 Å². The first-order chi connectivity index (χ1) is 15.8. The second-order valence-electron chi connectivity index (χ2n) is 13.3. The lowest BCUT2D eigenvalue weighted by atomic mass is 9.83. The molecule has 0 amide bonds. The molecule has 1 atom stereocenters. The molecule has 0 N–H and O–H groups in total. The summed E-state index contributed by atoms with van der Waals surface area (Å²) >= 11 is 0. The molecule has 0 radical (unpaired) electrons. The third kappa shape index (κ3) is 3.55. The minimum atomic E-state index is -1.85. The number of rotatable bonds is 2. The van der Waals surface area contributed by atoms with Crippen LogP contribution in [0.1, 0.15) is 92.9 Å². The van der Waals surface area contributed by atoms with E-state index in [9.17, 15) is 0 Å². The zero-order chi connectivity index (χ0) is 24.6. The summed E-state index contributed by atoms with van der Waals surface area (Å²) in [6, 6.07) is 23.9. The summed E-state index contributed by atoms with van der Waals surface area (Å²) in [5.74, 6) is 0. The number of hydrogen-bond acceptors (Lipinski definition) is 0. The van der Waals surface area contributed by atoms with E-state index in [1.807, 2.05) is 0 Å². The molecule has 0 aromatic heterocycles. The van der Waals surface area contributed by atoms with Gasteiger partial charge in [0.15, 0.2) is 0 Å². The van der Waals surface area contributed by atoms with Crippen LogP contribution in [0.2, 0.25) is 13.1 Å². The van der Waals surface area contributed by atoms with Crippen molar-refractivity contribution >= 4 is 14.1 Å². The second-order valence-corrected chi connectivity index (χ2v) is 18.1. The average Bonchev–Trinajstić information content (AvgIpc) is 3.26. The van der Waals surface area contributed by atoms with Crippen LogP contribution >= 0.6 is 0 Å². The first-order valence-electron chi connectivity index (χ1n) is 12.9. The fourth-order valence-corrected chi connectivity index (χ4v) is 11.4. The SMILES string of the molecule is CC1=Cc2ccccc2C1[Si](C)(C)C1c2ccc(C(C)(C)C)cc2-c2cc(C(C)(C)C)ccc21. The van der Waals surface area contributed by atoms with E-state index in [1.165, 1.54) is 27.8 Å². The Balaban J connectivity index is 1.73. The molecule has 0 heterocycles. The Labute approximate surface area is 208 Å². The highest BCUT2D eigenvalue weighted by Crippen LogP contribution is 2.56. The lowest BCUT2D eigenvalue weighted by molar-refractivity contribution is 0.589. The Morgan fingerprint density at radius 1 is 0.618 bits per heavy atom. The number of allylic oxidation sites excluding steroid dienone is 1. The summed E-state index contributed by atoms with van der Waals surface area (Å²) in [4.78, 5) is 0. The molecule has 0 aliphatic heterocycles. The highest BCUT2D eigenvalue weighted by molar-refractivity contribution is 6.81. The maximum atomic E-state index is 2.63. The fourth-order valence-electron chi connectivity index (χ4n) is 6.62. The molecule has 176 valence electrons. The van der Waals surface area contributed by atoms with Crippen LogP contribution in [0, 0.1) is 0 Å². The second kappa shape index (κ2) is 7.56. The molecule has 1 unspecified atom stereocenters. The molecule has 0 nitrogen and oxygen atoms in total. The first kappa shape index (κ1) is 23.4. The molecular formula is C33H40Si. The van der Waals surface area contributed by atoms with Crippen molar-refractivity contribution in [1.29, 1.82) is 0 Å². The molecular weight excluding hydrogens is 424 g/mol. The number of benzene rings is 3. The van der Waals surface area contributed by atoms with Crippen molar-refractivity contribution in [2.45, 2.75) is 83.5 Å². The minimum Gasteiger partial charge on any atom is -0.0679 e. The Morgan fingerprint density at radius 3 is 1.62 bits per heavy atom. The summed E-state index contributed by atoms with van der Waals surface area (Å²) in [6.07, 6.45) is 2.44. The topological polar surface area (TPSA) is 0 Å². The van der Waals surface area contributed by atoms with Crippen LogP contribution in [0.3, 0.4) is 0 Å². The van der Waals surface area contributed by atoms with Crippen LogP contribution in [-0.4, -0.2) is 8.07 Å². The fraction of sp³-hybridized carbons (Fsp3) is 0.394. The maximum absolute atomic E-state index is 2.63. The summed E-state index contributed by atoms with van der Waals surface area (Å²) in [7, 11) is -1.85. The molecule has 2 aliphatic carbocycles. The van der Waals surface area contributed by atoms with Crippen molar-refractivity contribution in [2.75, 3.05) is 0 Å². The lowest BCUT2D eigenvalue weighted by Gasteiger charge is -2.38. The van der Waals surface area contributed by atoms with Gasteiger partial charge in [-0.3, -0.25) is 0 Å². The summed E-state index contributed by atoms with van der Waals surface area (Å²) < 4.78 is 0. The molecule has 2 aliphatic rings. The van der Waals surface area contributed by atoms with E-state index in [1.54, 1.807) is 22.3 Å². The van der Waals surface area contributed by atoms with Gasteiger partial charge in [0.05, 0.1) is 8.07 Å². The van der Waals surface area contributed by atoms with Crippen molar-refractivity contribution in [3.8, 4) is 11.1 Å². The van der Waals surface area contributed by atoms with Crippen LogP contribution in [-0.2, 0) is 10.8 Å². The van der Waals surface area contributed by atoms with Crippen LogP contribution in [0.4, 0.5) is 0 Å². The van der Waals surface area contributed by atoms with Crippen LogP contribution in [0.15, 0.2) is 66.2 Å². The average molecular weight is 465 g/mol. The van der Waals surface area contributed by atoms with E-state index in [-0.39, 0.29) is 10.8 Å².